The Kier molecular flexibility index (Phi) is 1.93. The van der Waals surface area contributed by atoms with Crippen molar-refractivity contribution in [1.29, 1.82) is 0 Å². The molecule has 80 valence electrons. The maximum Gasteiger partial charge on any atom is 0.211 e. The minimum atomic E-state index is -0.0513. The molecule has 0 bridgehead atoms. The van der Waals surface area contributed by atoms with Crippen LogP contribution in [0, 0.1) is 5.92 Å². The highest BCUT2D eigenvalue weighted by molar-refractivity contribution is 6.21. The highest BCUT2D eigenvalue weighted by atomic mass is 16.1. The lowest BCUT2D eigenvalue weighted by Gasteiger charge is -2.03. The molecule has 0 saturated heterocycles. The van der Waals surface area contributed by atoms with Gasteiger partial charge in [-0.05, 0) is 29.9 Å². The maximum absolute atomic E-state index is 12.1. The average molecular weight is 213 g/mol. The normalized spacial score (nSPS) is 18.6. The third kappa shape index (κ3) is 1.21. The molecule has 0 atom stereocenters. The van der Waals surface area contributed by atoms with Crippen LogP contribution in [0.25, 0.3) is 5.57 Å². The molecule has 1 fully saturated rings. The molecule has 1 saturated carbocycles. The minimum absolute atomic E-state index is 0.0513. The molecule has 0 aromatic heterocycles. The fourth-order valence-electron chi connectivity index (χ4n) is 2.31. The van der Waals surface area contributed by atoms with Crippen molar-refractivity contribution in [1.82, 2.24) is 5.32 Å². The summed E-state index contributed by atoms with van der Waals surface area (Å²) in [6.07, 6.45) is 2.81. The van der Waals surface area contributed by atoms with Gasteiger partial charge in [0.25, 0.3) is 0 Å². The lowest BCUT2D eigenvalue weighted by Crippen LogP contribution is -2.17. The molecule has 1 aromatic rings. The Hall–Kier alpha value is -1.90. The lowest BCUT2D eigenvalue weighted by molar-refractivity contribution is -0.108. The Morgan fingerprint density at radius 3 is 2.50 bits per heavy atom. The monoisotopic (exact) mass is 213 g/mol. The summed E-state index contributed by atoms with van der Waals surface area (Å²) >= 11 is 0. The summed E-state index contributed by atoms with van der Waals surface area (Å²) in [6.45, 7) is 0. The fraction of sp³-hybridized carbons (Fsp3) is 0.231. The second-order valence-electron chi connectivity index (χ2n) is 4.20. The first-order valence-electron chi connectivity index (χ1n) is 5.41. The van der Waals surface area contributed by atoms with Crippen molar-refractivity contribution < 1.29 is 9.59 Å². The molecule has 0 spiro atoms. The van der Waals surface area contributed by atoms with Crippen LogP contribution >= 0.6 is 0 Å². The van der Waals surface area contributed by atoms with E-state index in [1.807, 2.05) is 24.3 Å². The van der Waals surface area contributed by atoms with Crippen molar-refractivity contribution in [2.45, 2.75) is 12.8 Å². The van der Waals surface area contributed by atoms with Gasteiger partial charge in [0.2, 0.25) is 12.2 Å². The first-order chi connectivity index (χ1) is 7.83. The van der Waals surface area contributed by atoms with Crippen LogP contribution in [0.15, 0.2) is 30.0 Å². The molecule has 3 rings (SSSR count). The lowest BCUT2D eigenvalue weighted by atomic mass is 10.0. The van der Waals surface area contributed by atoms with Crippen LogP contribution in [0.1, 0.15) is 28.8 Å². The van der Waals surface area contributed by atoms with Gasteiger partial charge in [0.1, 0.15) is 0 Å². The Labute approximate surface area is 93.2 Å². The van der Waals surface area contributed by atoms with E-state index in [2.05, 4.69) is 5.32 Å². The molecule has 0 unspecified atom stereocenters. The van der Waals surface area contributed by atoms with Gasteiger partial charge in [-0.2, -0.15) is 0 Å². The third-order valence-corrected chi connectivity index (χ3v) is 3.15. The van der Waals surface area contributed by atoms with Crippen LogP contribution in [0.3, 0.4) is 0 Å². The number of benzene rings is 1. The van der Waals surface area contributed by atoms with Crippen LogP contribution in [-0.2, 0) is 4.79 Å². The highest BCUT2D eigenvalue weighted by Crippen LogP contribution is 2.47. The quantitative estimate of drug-likeness (QED) is 0.777. The van der Waals surface area contributed by atoms with Crippen molar-refractivity contribution in [3.05, 3.63) is 41.1 Å². The van der Waals surface area contributed by atoms with Crippen LogP contribution in [0.2, 0.25) is 0 Å². The van der Waals surface area contributed by atoms with E-state index in [0.29, 0.717) is 23.6 Å². The van der Waals surface area contributed by atoms with Gasteiger partial charge in [-0.3, -0.25) is 9.59 Å². The first kappa shape index (κ1) is 9.33. The van der Waals surface area contributed by atoms with Gasteiger partial charge in [0.15, 0.2) is 0 Å². The van der Waals surface area contributed by atoms with E-state index < -0.39 is 0 Å². The van der Waals surface area contributed by atoms with Crippen molar-refractivity contribution in [3.8, 4) is 0 Å². The summed E-state index contributed by atoms with van der Waals surface area (Å²) in [7, 11) is 0. The topological polar surface area (TPSA) is 46.2 Å². The maximum atomic E-state index is 12.1. The Balaban J connectivity index is 2.17. The number of carbonyl (C=O) groups is 2. The molecular weight excluding hydrogens is 202 g/mol. The molecule has 0 heterocycles. The first-order valence-corrected chi connectivity index (χ1v) is 5.41. The molecule has 1 amide bonds. The number of hydrogen-bond donors (Lipinski definition) is 1. The molecule has 1 N–H and O–H groups in total. The number of nitrogens with one attached hydrogen (secondary N) is 1. The van der Waals surface area contributed by atoms with Gasteiger partial charge < -0.3 is 5.32 Å². The average Bonchev–Trinajstić information content (AvgIpc) is 3.09. The Bertz CT molecular complexity index is 512. The molecular formula is C13H11NO2. The molecule has 2 aliphatic rings. The predicted octanol–water partition coefficient (Wildman–Crippen LogP) is 1.75. The number of Topliss-reactive ketones (excluding diaryl/α,β-unsaturated/α-hetero) is 1. The zero-order chi connectivity index (χ0) is 11.1. The summed E-state index contributed by atoms with van der Waals surface area (Å²) in [5.74, 6) is 0.402. The Morgan fingerprint density at radius 1 is 1.19 bits per heavy atom. The number of rotatable bonds is 3. The van der Waals surface area contributed by atoms with E-state index in [-0.39, 0.29) is 5.78 Å². The summed E-state index contributed by atoms with van der Waals surface area (Å²) in [4.78, 5) is 22.6. The predicted molar refractivity (Wildman–Crippen MR) is 59.6 cm³/mol. The van der Waals surface area contributed by atoms with Gasteiger partial charge in [-0.1, -0.05) is 24.3 Å². The summed E-state index contributed by atoms with van der Waals surface area (Å²) in [6, 6.07) is 7.56. The number of carbonyl (C=O) groups excluding carboxylic acids is 2. The van der Waals surface area contributed by atoms with Gasteiger partial charge in [0, 0.05) is 5.56 Å². The SMILES string of the molecule is O=CNC1=C(C2CC2)c2ccccc2C1=O. The van der Waals surface area contributed by atoms with Crippen molar-refractivity contribution in [3.63, 3.8) is 0 Å². The minimum Gasteiger partial charge on any atom is -0.325 e. The molecule has 3 heteroatoms. The molecule has 16 heavy (non-hydrogen) atoms. The number of ketones is 1. The molecule has 2 aliphatic carbocycles. The number of hydrogen-bond acceptors (Lipinski definition) is 2. The fourth-order valence-corrected chi connectivity index (χ4v) is 2.31. The standard InChI is InChI=1S/C13H11NO2/c15-7-14-12-11(8-5-6-8)9-3-1-2-4-10(9)13(12)16/h1-4,7-8H,5-6H2,(H,14,15,16). The summed E-state index contributed by atoms with van der Waals surface area (Å²) < 4.78 is 0. The van der Waals surface area contributed by atoms with Gasteiger partial charge in [-0.25, -0.2) is 0 Å². The van der Waals surface area contributed by atoms with Crippen molar-refractivity contribution >= 4 is 17.8 Å². The molecule has 0 aliphatic heterocycles. The largest absolute Gasteiger partial charge is 0.325 e. The molecule has 0 radical (unpaired) electrons. The van der Waals surface area contributed by atoms with Gasteiger partial charge >= 0.3 is 0 Å². The molecule has 3 nitrogen and oxygen atoms in total. The molecule has 1 aromatic carbocycles. The van der Waals surface area contributed by atoms with Gasteiger partial charge in [0.05, 0.1) is 5.70 Å². The van der Waals surface area contributed by atoms with Crippen molar-refractivity contribution in [2.75, 3.05) is 0 Å². The van der Waals surface area contributed by atoms with Gasteiger partial charge in [-0.15, -0.1) is 0 Å². The number of amides is 1. The summed E-state index contributed by atoms with van der Waals surface area (Å²) in [5.41, 5.74) is 3.24. The summed E-state index contributed by atoms with van der Waals surface area (Å²) in [5, 5.41) is 2.56. The van der Waals surface area contributed by atoms with E-state index in [1.165, 1.54) is 0 Å². The number of allylic oxidation sites excluding steroid dienone is 2. The Morgan fingerprint density at radius 2 is 1.88 bits per heavy atom. The van der Waals surface area contributed by atoms with Crippen LogP contribution in [-0.4, -0.2) is 12.2 Å². The van der Waals surface area contributed by atoms with E-state index in [4.69, 9.17) is 0 Å². The van der Waals surface area contributed by atoms with E-state index in [1.54, 1.807) is 0 Å². The van der Waals surface area contributed by atoms with E-state index >= 15 is 0 Å². The smallest absolute Gasteiger partial charge is 0.211 e. The third-order valence-electron chi connectivity index (χ3n) is 3.15. The zero-order valence-corrected chi connectivity index (χ0v) is 8.69. The van der Waals surface area contributed by atoms with Crippen LogP contribution in [0.4, 0.5) is 0 Å². The van der Waals surface area contributed by atoms with Crippen LogP contribution in [0.5, 0.6) is 0 Å². The highest BCUT2D eigenvalue weighted by Gasteiger charge is 2.38. The second-order valence-corrected chi connectivity index (χ2v) is 4.20. The second kappa shape index (κ2) is 3.30. The van der Waals surface area contributed by atoms with E-state index in [0.717, 1.165) is 24.0 Å². The van der Waals surface area contributed by atoms with Crippen LogP contribution < -0.4 is 5.32 Å². The van der Waals surface area contributed by atoms with E-state index in [9.17, 15) is 9.59 Å². The van der Waals surface area contributed by atoms with Crippen molar-refractivity contribution in [2.24, 2.45) is 5.92 Å². The number of fused-ring (bicyclic) bond motifs is 1. The zero-order valence-electron chi connectivity index (χ0n) is 8.69.